The van der Waals surface area contributed by atoms with E-state index in [2.05, 4.69) is 0 Å². The van der Waals surface area contributed by atoms with Crippen molar-refractivity contribution in [1.29, 1.82) is 5.26 Å². The number of nitriles is 1. The van der Waals surface area contributed by atoms with Crippen LogP contribution in [0.5, 0.6) is 5.75 Å². The third-order valence-electron chi connectivity index (χ3n) is 3.15. The minimum Gasteiger partial charge on any atom is -0.492 e. The molecule has 0 atom stereocenters. The van der Waals surface area contributed by atoms with Crippen molar-refractivity contribution in [2.45, 2.75) is 0 Å². The lowest BCUT2D eigenvalue weighted by Crippen LogP contribution is -2.24. The molecule has 22 heavy (non-hydrogen) atoms. The lowest BCUT2D eigenvalue weighted by Gasteiger charge is -2.19. The Hall–Kier alpha value is -3.07. The summed E-state index contributed by atoms with van der Waals surface area (Å²) < 4.78 is 5.58. The van der Waals surface area contributed by atoms with Crippen molar-refractivity contribution in [3.8, 4) is 11.8 Å². The number of likely N-dealkylation sites (N-methyl/N-ethyl adjacent to an activating group) is 1. The molecule has 0 amide bonds. The van der Waals surface area contributed by atoms with Gasteiger partial charge in [-0.15, -0.1) is 0 Å². The van der Waals surface area contributed by atoms with Crippen molar-refractivity contribution >= 4 is 11.4 Å². The Balaban J connectivity index is 2.07. The predicted molar refractivity (Wildman–Crippen MR) is 83.0 cm³/mol. The van der Waals surface area contributed by atoms with Gasteiger partial charge in [-0.2, -0.15) is 5.26 Å². The number of hydrogen-bond acceptors (Lipinski definition) is 5. The molecule has 2 aromatic carbocycles. The van der Waals surface area contributed by atoms with Crippen molar-refractivity contribution in [3.63, 3.8) is 0 Å². The van der Waals surface area contributed by atoms with E-state index in [-0.39, 0.29) is 5.69 Å². The minimum absolute atomic E-state index is 0.0267. The molecule has 0 saturated carbocycles. The Morgan fingerprint density at radius 3 is 2.64 bits per heavy atom. The maximum atomic E-state index is 11.1. The highest BCUT2D eigenvalue weighted by molar-refractivity contribution is 5.65. The van der Waals surface area contributed by atoms with Crippen LogP contribution >= 0.6 is 0 Å². The van der Waals surface area contributed by atoms with E-state index >= 15 is 0 Å². The number of rotatable bonds is 6. The van der Waals surface area contributed by atoms with Crippen LogP contribution in [0, 0.1) is 21.4 Å². The first-order chi connectivity index (χ1) is 10.6. The lowest BCUT2D eigenvalue weighted by molar-refractivity contribution is -0.384. The van der Waals surface area contributed by atoms with Gasteiger partial charge in [0.2, 0.25) is 0 Å². The van der Waals surface area contributed by atoms with Gasteiger partial charge in [0, 0.05) is 13.1 Å². The Morgan fingerprint density at radius 1 is 1.27 bits per heavy atom. The molecule has 112 valence electrons. The summed E-state index contributed by atoms with van der Waals surface area (Å²) in [6.07, 6.45) is 0. The Morgan fingerprint density at radius 2 is 2.00 bits per heavy atom. The van der Waals surface area contributed by atoms with Crippen LogP contribution in [0.2, 0.25) is 0 Å². The van der Waals surface area contributed by atoms with E-state index < -0.39 is 4.92 Å². The zero-order valence-electron chi connectivity index (χ0n) is 12.1. The van der Waals surface area contributed by atoms with Crippen LogP contribution in [0.15, 0.2) is 48.5 Å². The van der Waals surface area contributed by atoms with Crippen LogP contribution in [-0.4, -0.2) is 25.1 Å². The fourth-order valence-electron chi connectivity index (χ4n) is 1.99. The Labute approximate surface area is 128 Å². The van der Waals surface area contributed by atoms with E-state index in [0.29, 0.717) is 24.4 Å². The van der Waals surface area contributed by atoms with Gasteiger partial charge in [-0.05, 0) is 24.3 Å². The summed E-state index contributed by atoms with van der Waals surface area (Å²) in [4.78, 5) is 12.3. The van der Waals surface area contributed by atoms with Gasteiger partial charge >= 0.3 is 0 Å². The molecule has 0 aliphatic heterocycles. The molecular formula is C16H15N3O3. The SMILES string of the molecule is CN(CCOc1ccccc1)c1cc(C#N)ccc1[N+](=O)[O-]. The van der Waals surface area contributed by atoms with E-state index in [1.807, 2.05) is 36.4 Å². The van der Waals surface area contributed by atoms with Crippen LogP contribution in [-0.2, 0) is 0 Å². The second kappa shape index (κ2) is 7.09. The molecule has 2 rings (SSSR count). The van der Waals surface area contributed by atoms with Crippen molar-refractivity contribution in [3.05, 3.63) is 64.2 Å². The van der Waals surface area contributed by atoms with Gasteiger partial charge in [0.25, 0.3) is 5.69 Å². The van der Waals surface area contributed by atoms with Crippen LogP contribution in [0.3, 0.4) is 0 Å². The first-order valence-corrected chi connectivity index (χ1v) is 6.69. The van der Waals surface area contributed by atoms with Crippen molar-refractivity contribution in [2.24, 2.45) is 0 Å². The highest BCUT2D eigenvalue weighted by atomic mass is 16.6. The number of hydrogen-bond donors (Lipinski definition) is 0. The largest absolute Gasteiger partial charge is 0.492 e. The molecule has 0 aliphatic rings. The quantitative estimate of drug-likeness (QED) is 0.605. The molecule has 0 fully saturated rings. The molecule has 0 saturated heterocycles. The molecule has 0 heterocycles. The highest BCUT2D eigenvalue weighted by Gasteiger charge is 2.17. The summed E-state index contributed by atoms with van der Waals surface area (Å²) in [5.74, 6) is 0.746. The summed E-state index contributed by atoms with van der Waals surface area (Å²) >= 11 is 0. The molecule has 0 N–H and O–H groups in total. The zero-order chi connectivity index (χ0) is 15.9. The van der Waals surface area contributed by atoms with E-state index in [9.17, 15) is 10.1 Å². The number of benzene rings is 2. The van der Waals surface area contributed by atoms with Crippen molar-refractivity contribution in [1.82, 2.24) is 0 Å². The number of nitro benzene ring substituents is 1. The van der Waals surface area contributed by atoms with Gasteiger partial charge in [0.15, 0.2) is 0 Å². The van der Waals surface area contributed by atoms with Gasteiger partial charge in [0.1, 0.15) is 18.0 Å². The molecule has 0 radical (unpaired) electrons. The fraction of sp³-hybridized carbons (Fsp3) is 0.188. The average molecular weight is 297 g/mol. The topological polar surface area (TPSA) is 79.4 Å². The van der Waals surface area contributed by atoms with Crippen molar-refractivity contribution in [2.75, 3.05) is 25.1 Å². The predicted octanol–water partition coefficient (Wildman–Crippen LogP) is 2.98. The molecule has 0 unspecified atom stereocenters. The van der Waals surface area contributed by atoms with Crippen LogP contribution < -0.4 is 9.64 Å². The molecule has 2 aromatic rings. The van der Waals surface area contributed by atoms with Crippen LogP contribution in [0.4, 0.5) is 11.4 Å². The number of anilines is 1. The Bertz CT molecular complexity index is 696. The Kier molecular flexibility index (Phi) is 4.94. The van der Waals surface area contributed by atoms with Gasteiger partial charge in [-0.3, -0.25) is 10.1 Å². The summed E-state index contributed by atoms with van der Waals surface area (Å²) in [6.45, 7) is 0.846. The van der Waals surface area contributed by atoms with E-state index in [1.54, 1.807) is 11.9 Å². The van der Waals surface area contributed by atoms with Gasteiger partial charge in [0.05, 0.1) is 23.1 Å². The number of nitrogens with zero attached hydrogens (tertiary/aromatic N) is 3. The molecule has 0 aliphatic carbocycles. The average Bonchev–Trinajstić information content (AvgIpc) is 2.55. The third kappa shape index (κ3) is 3.73. The highest BCUT2D eigenvalue weighted by Crippen LogP contribution is 2.28. The first-order valence-electron chi connectivity index (χ1n) is 6.69. The van der Waals surface area contributed by atoms with Crippen molar-refractivity contribution < 1.29 is 9.66 Å². The second-order valence-corrected chi connectivity index (χ2v) is 4.66. The molecular weight excluding hydrogens is 282 g/mol. The molecule has 0 bridgehead atoms. The fourth-order valence-corrected chi connectivity index (χ4v) is 1.99. The van der Waals surface area contributed by atoms with Gasteiger partial charge in [-0.1, -0.05) is 18.2 Å². The summed E-state index contributed by atoms with van der Waals surface area (Å²) in [5.41, 5.74) is 0.762. The smallest absolute Gasteiger partial charge is 0.292 e. The maximum Gasteiger partial charge on any atom is 0.292 e. The van der Waals surface area contributed by atoms with Crippen LogP contribution in [0.25, 0.3) is 0 Å². The minimum atomic E-state index is -0.453. The molecule has 0 aromatic heterocycles. The van der Waals surface area contributed by atoms with Gasteiger partial charge < -0.3 is 9.64 Å². The number of para-hydroxylation sites is 1. The summed E-state index contributed by atoms with van der Waals surface area (Å²) in [7, 11) is 1.73. The lowest BCUT2D eigenvalue weighted by atomic mass is 10.1. The molecule has 6 nitrogen and oxygen atoms in total. The summed E-state index contributed by atoms with van der Waals surface area (Å²) in [6, 6.07) is 15.6. The van der Waals surface area contributed by atoms with Gasteiger partial charge in [-0.25, -0.2) is 0 Å². The molecule has 6 heteroatoms. The normalized spacial score (nSPS) is 9.82. The monoisotopic (exact) mass is 297 g/mol. The standard InChI is InChI=1S/C16H15N3O3/c1-18(9-10-22-14-5-3-2-4-6-14)16-11-13(12-17)7-8-15(16)19(20)21/h2-8,11H,9-10H2,1H3. The maximum absolute atomic E-state index is 11.1. The number of nitro groups is 1. The van der Waals surface area contributed by atoms with Crippen LogP contribution in [0.1, 0.15) is 5.56 Å². The zero-order valence-corrected chi connectivity index (χ0v) is 12.1. The molecule has 0 spiro atoms. The third-order valence-corrected chi connectivity index (χ3v) is 3.15. The summed E-state index contributed by atoms with van der Waals surface area (Å²) in [5, 5.41) is 20.0. The van der Waals surface area contributed by atoms with E-state index in [1.165, 1.54) is 18.2 Å². The first kappa shape index (κ1) is 15.3. The van der Waals surface area contributed by atoms with E-state index in [4.69, 9.17) is 10.00 Å². The second-order valence-electron chi connectivity index (χ2n) is 4.66. The number of ether oxygens (including phenoxy) is 1. The van der Waals surface area contributed by atoms with E-state index in [0.717, 1.165) is 5.75 Å².